The van der Waals surface area contributed by atoms with Crippen molar-refractivity contribution in [2.75, 3.05) is 19.0 Å². The Bertz CT molecular complexity index is 1130. The second-order valence-corrected chi connectivity index (χ2v) is 11.1. The van der Waals surface area contributed by atoms with E-state index >= 15 is 0 Å². The van der Waals surface area contributed by atoms with Gasteiger partial charge in [-0.2, -0.15) is 0 Å². The number of hydrogen-bond donors (Lipinski definition) is 4. The Hall–Kier alpha value is -3.79. The second kappa shape index (κ2) is 14.6. The van der Waals surface area contributed by atoms with Crippen molar-refractivity contribution in [1.29, 1.82) is 0 Å². The van der Waals surface area contributed by atoms with Crippen LogP contribution < -0.4 is 15.4 Å². The van der Waals surface area contributed by atoms with Crippen LogP contribution in [0.1, 0.15) is 66.0 Å². The van der Waals surface area contributed by atoms with Crippen molar-refractivity contribution in [2.24, 2.45) is 5.92 Å². The van der Waals surface area contributed by atoms with Crippen LogP contribution in [0.3, 0.4) is 0 Å². The number of para-hydroxylation sites is 1. The lowest BCUT2D eigenvalue weighted by atomic mass is 9.96. The van der Waals surface area contributed by atoms with Gasteiger partial charge in [-0.1, -0.05) is 32.0 Å². The zero-order valence-electron chi connectivity index (χ0n) is 24.4. The van der Waals surface area contributed by atoms with Gasteiger partial charge in [0.15, 0.2) is 0 Å². The summed E-state index contributed by atoms with van der Waals surface area (Å²) in [5.74, 6) is -0.516. The van der Waals surface area contributed by atoms with Gasteiger partial charge in [-0.3, -0.25) is 9.59 Å². The molecule has 3 amide bonds. The van der Waals surface area contributed by atoms with Crippen molar-refractivity contribution >= 4 is 23.6 Å². The zero-order valence-corrected chi connectivity index (χ0v) is 24.4. The average Bonchev–Trinajstić information content (AvgIpc) is 2.88. The third-order valence-corrected chi connectivity index (χ3v) is 6.18. The third kappa shape index (κ3) is 9.44. The highest BCUT2D eigenvalue weighted by Gasteiger charge is 2.39. The molecule has 0 aliphatic heterocycles. The van der Waals surface area contributed by atoms with Crippen molar-refractivity contribution in [3.8, 4) is 11.5 Å². The molecule has 10 heteroatoms. The molecule has 0 fully saturated rings. The lowest BCUT2D eigenvalue weighted by Gasteiger charge is -2.38. The van der Waals surface area contributed by atoms with Gasteiger partial charge in [0, 0.05) is 17.3 Å². The molecule has 0 aliphatic carbocycles. The molecule has 10 nitrogen and oxygen atoms in total. The number of aromatic hydroxyl groups is 1. The first-order chi connectivity index (χ1) is 18.8. The van der Waals surface area contributed by atoms with E-state index in [2.05, 4.69) is 24.5 Å². The number of phenols is 1. The fraction of sp³-hybridized carbons (Fsp3) is 0.500. The largest absolute Gasteiger partial charge is 0.508 e. The van der Waals surface area contributed by atoms with E-state index in [9.17, 15) is 24.6 Å². The van der Waals surface area contributed by atoms with Gasteiger partial charge in [-0.25, -0.2) is 4.79 Å². The number of carbonyl (C=O) groups excluding carboxylic acids is 3. The minimum Gasteiger partial charge on any atom is -0.508 e. The zero-order chi connectivity index (χ0) is 30.0. The van der Waals surface area contributed by atoms with E-state index in [1.54, 1.807) is 70.2 Å². The Kier molecular flexibility index (Phi) is 11.8. The summed E-state index contributed by atoms with van der Waals surface area (Å²) >= 11 is 0. The molecule has 0 heterocycles. The molecule has 0 aliphatic rings. The van der Waals surface area contributed by atoms with Crippen molar-refractivity contribution in [3.05, 3.63) is 54.1 Å². The van der Waals surface area contributed by atoms with E-state index < -0.39 is 48.2 Å². The highest BCUT2D eigenvalue weighted by molar-refractivity contribution is 5.99. The number of nitrogens with zero attached hydrogens (tertiary/aromatic N) is 1. The fourth-order valence-corrected chi connectivity index (χ4v) is 4.15. The molecular formula is C30H43N3O7. The number of anilines is 1. The topological polar surface area (TPSA) is 137 Å². The van der Waals surface area contributed by atoms with Crippen LogP contribution >= 0.6 is 0 Å². The van der Waals surface area contributed by atoms with Gasteiger partial charge in [0.05, 0.1) is 13.7 Å². The number of rotatable bonds is 12. The number of amides is 3. The number of aliphatic hydroxyl groups is 1. The molecule has 3 unspecified atom stereocenters. The highest BCUT2D eigenvalue weighted by Crippen LogP contribution is 2.33. The Balaban J connectivity index is 2.56. The Morgan fingerprint density at radius 3 is 2.12 bits per heavy atom. The molecule has 40 heavy (non-hydrogen) atoms. The Labute approximate surface area is 236 Å². The van der Waals surface area contributed by atoms with Gasteiger partial charge in [0.1, 0.15) is 29.2 Å². The van der Waals surface area contributed by atoms with E-state index in [-0.39, 0.29) is 11.3 Å². The molecule has 220 valence electrons. The monoisotopic (exact) mass is 557 g/mol. The minimum absolute atomic E-state index is 0.174. The van der Waals surface area contributed by atoms with Gasteiger partial charge in [-0.05, 0) is 76.8 Å². The summed E-state index contributed by atoms with van der Waals surface area (Å²) in [4.78, 5) is 41.8. The quantitative estimate of drug-likeness (QED) is 0.299. The number of aliphatic hydroxyl groups excluding tert-OH is 1. The van der Waals surface area contributed by atoms with Crippen LogP contribution in [0.4, 0.5) is 10.5 Å². The van der Waals surface area contributed by atoms with Gasteiger partial charge in [0.2, 0.25) is 5.91 Å². The Morgan fingerprint density at radius 2 is 1.60 bits per heavy atom. The number of nitrogens with one attached hydrogen (secondary N) is 2. The predicted molar refractivity (Wildman–Crippen MR) is 153 cm³/mol. The van der Waals surface area contributed by atoms with Crippen molar-refractivity contribution < 1.29 is 34.1 Å². The van der Waals surface area contributed by atoms with E-state index in [0.29, 0.717) is 23.8 Å². The van der Waals surface area contributed by atoms with E-state index in [0.717, 1.165) is 6.42 Å². The lowest BCUT2D eigenvalue weighted by molar-refractivity contribution is -0.144. The van der Waals surface area contributed by atoms with Crippen LogP contribution in [0.25, 0.3) is 0 Å². The first kappa shape index (κ1) is 32.4. The van der Waals surface area contributed by atoms with E-state index in [1.807, 2.05) is 0 Å². The molecule has 4 N–H and O–H groups in total. The number of benzene rings is 2. The summed E-state index contributed by atoms with van der Waals surface area (Å²) in [5.41, 5.74) is -0.167. The van der Waals surface area contributed by atoms with Crippen LogP contribution in [0, 0.1) is 5.92 Å². The number of alkyl carbamates (subject to hydrolysis) is 1. The van der Waals surface area contributed by atoms with Crippen molar-refractivity contribution in [2.45, 2.75) is 78.1 Å². The minimum atomic E-state index is -1.39. The number of carbonyl (C=O) groups is 3. The number of phenolic OH excluding ortho intramolecular Hbond substituents is 1. The molecule has 2 rings (SSSR count). The maximum atomic E-state index is 14.0. The summed E-state index contributed by atoms with van der Waals surface area (Å²) in [6.07, 6.45) is 0.409. The summed E-state index contributed by atoms with van der Waals surface area (Å²) in [6, 6.07) is 9.79. The fourth-order valence-electron chi connectivity index (χ4n) is 4.15. The van der Waals surface area contributed by atoms with E-state index in [4.69, 9.17) is 9.47 Å². The smallest absolute Gasteiger partial charge is 0.408 e. The summed E-state index contributed by atoms with van der Waals surface area (Å²) in [7, 11) is 1.53. The van der Waals surface area contributed by atoms with Crippen LogP contribution in [0.15, 0.2) is 48.5 Å². The van der Waals surface area contributed by atoms with Gasteiger partial charge in [0.25, 0.3) is 5.91 Å². The van der Waals surface area contributed by atoms with Crippen molar-refractivity contribution in [3.63, 3.8) is 0 Å². The molecule has 0 aromatic heterocycles. The van der Waals surface area contributed by atoms with Gasteiger partial charge < -0.3 is 35.2 Å². The number of ether oxygens (including phenoxy) is 2. The highest BCUT2D eigenvalue weighted by atomic mass is 16.6. The molecule has 0 saturated heterocycles. The van der Waals surface area contributed by atoms with Crippen LogP contribution in [-0.2, 0) is 14.3 Å². The number of methoxy groups -OCH3 is 1. The standard InChI is InChI=1S/C30H43N3O7/c1-19(2)12-13-20(3)33(28(37)24(18-34)32-29(38)40-30(4,5)6)26(23-10-8-9-11-25(23)35)27(36)31-21-14-16-22(39-7)17-15-21/h8-11,14-17,19-20,24,26,34-35H,12-13,18H2,1-7H3,(H,31,36)(H,32,38). The Morgan fingerprint density at radius 1 is 0.975 bits per heavy atom. The first-order valence-electron chi connectivity index (χ1n) is 13.4. The van der Waals surface area contributed by atoms with E-state index in [1.165, 1.54) is 18.1 Å². The molecule has 3 atom stereocenters. The van der Waals surface area contributed by atoms with Gasteiger partial charge in [-0.15, -0.1) is 0 Å². The summed E-state index contributed by atoms with van der Waals surface area (Å²) in [5, 5.41) is 26.2. The first-order valence-corrected chi connectivity index (χ1v) is 13.4. The molecular weight excluding hydrogens is 514 g/mol. The van der Waals surface area contributed by atoms with Crippen LogP contribution in [0.2, 0.25) is 0 Å². The third-order valence-electron chi connectivity index (χ3n) is 6.18. The average molecular weight is 558 g/mol. The SMILES string of the molecule is COc1ccc(NC(=O)C(c2ccccc2O)N(C(=O)C(CO)NC(=O)OC(C)(C)C)C(C)CCC(C)C)cc1. The maximum Gasteiger partial charge on any atom is 0.408 e. The molecule has 0 spiro atoms. The van der Waals surface area contributed by atoms with Crippen LogP contribution in [-0.4, -0.2) is 64.4 Å². The normalized spacial score (nSPS) is 13.6. The summed E-state index contributed by atoms with van der Waals surface area (Å²) in [6.45, 7) is 10.2. The lowest BCUT2D eigenvalue weighted by Crippen LogP contribution is -2.56. The predicted octanol–water partition coefficient (Wildman–Crippen LogP) is 4.62. The summed E-state index contributed by atoms with van der Waals surface area (Å²) < 4.78 is 10.5. The maximum absolute atomic E-state index is 14.0. The van der Waals surface area contributed by atoms with Crippen LogP contribution in [0.5, 0.6) is 11.5 Å². The molecule has 0 saturated carbocycles. The molecule has 2 aromatic carbocycles. The van der Waals surface area contributed by atoms with Gasteiger partial charge >= 0.3 is 6.09 Å². The van der Waals surface area contributed by atoms with Crippen molar-refractivity contribution in [1.82, 2.24) is 10.2 Å². The second-order valence-electron chi connectivity index (χ2n) is 11.1. The molecule has 2 aromatic rings. The number of hydrogen-bond acceptors (Lipinski definition) is 7. The molecule has 0 radical (unpaired) electrons. The molecule has 0 bridgehead atoms.